The second-order valence-corrected chi connectivity index (χ2v) is 8.90. The van der Waals surface area contributed by atoms with E-state index in [0.717, 1.165) is 46.0 Å². The summed E-state index contributed by atoms with van der Waals surface area (Å²) in [6.07, 6.45) is 5.55. The quantitative estimate of drug-likeness (QED) is 0.346. The first-order chi connectivity index (χ1) is 16.7. The number of hydrogen-bond acceptors (Lipinski definition) is 3. The zero-order chi connectivity index (χ0) is 22.6. The maximum Gasteiger partial charge on any atom is 0.328 e. The van der Waals surface area contributed by atoms with Gasteiger partial charge in [-0.1, -0.05) is 30.3 Å². The normalized spacial score (nSPS) is 21.0. The van der Waals surface area contributed by atoms with E-state index < -0.39 is 0 Å². The van der Waals surface area contributed by atoms with Gasteiger partial charge in [-0.3, -0.25) is 15.2 Å². The van der Waals surface area contributed by atoms with Crippen molar-refractivity contribution in [2.24, 2.45) is 4.99 Å². The summed E-state index contributed by atoms with van der Waals surface area (Å²) in [5.74, 6) is 0.684. The zero-order valence-corrected chi connectivity index (χ0v) is 18.3. The fourth-order valence-electron chi connectivity index (χ4n) is 5.30. The second-order valence-electron chi connectivity index (χ2n) is 8.90. The highest BCUT2D eigenvalue weighted by Crippen LogP contribution is 2.38. The molecule has 1 saturated heterocycles. The highest BCUT2D eigenvalue weighted by atomic mass is 16.2. The number of rotatable bonds is 3. The monoisotopic (exact) mass is 446 g/mol. The standard InChI is InChI=1S/C27H22N6O/c34-27-32-26(31-22-9-5-16-3-1-2-4-20(16)22)25(18-6-8-21-17(13-18)11-12-28-21)33(27)19-7-10-23-24(14-19)30-15-29-23/h1-4,6-8,10-15,22,25,28H,5,9H2,(H,29,30)(H,31,32,34). The smallest absolute Gasteiger partial charge is 0.328 e. The molecular weight excluding hydrogens is 424 g/mol. The lowest BCUT2D eigenvalue weighted by Gasteiger charge is -2.24. The van der Waals surface area contributed by atoms with Gasteiger partial charge in [-0.25, -0.2) is 9.78 Å². The number of H-pyrrole nitrogens is 2. The summed E-state index contributed by atoms with van der Waals surface area (Å²) < 4.78 is 0. The Hall–Kier alpha value is -4.39. The van der Waals surface area contributed by atoms with Crippen LogP contribution in [-0.2, 0) is 6.42 Å². The molecule has 0 saturated carbocycles. The Morgan fingerprint density at radius 1 is 0.971 bits per heavy atom. The van der Waals surface area contributed by atoms with E-state index in [0.29, 0.717) is 5.84 Å². The van der Waals surface area contributed by atoms with Gasteiger partial charge in [-0.2, -0.15) is 0 Å². The van der Waals surface area contributed by atoms with Crippen molar-refractivity contribution in [3.63, 3.8) is 0 Å². The van der Waals surface area contributed by atoms with E-state index in [1.165, 1.54) is 11.1 Å². The molecule has 7 nitrogen and oxygen atoms in total. The lowest BCUT2D eigenvalue weighted by molar-refractivity contribution is 0.252. The number of aliphatic imine (C=N–C) groups is 1. The lowest BCUT2D eigenvalue weighted by Crippen LogP contribution is -2.29. The van der Waals surface area contributed by atoms with E-state index in [1.54, 1.807) is 11.2 Å². The van der Waals surface area contributed by atoms with Crippen LogP contribution < -0.4 is 10.2 Å². The molecule has 3 aromatic carbocycles. The molecule has 3 heterocycles. The van der Waals surface area contributed by atoms with Crippen LogP contribution in [0, 0.1) is 0 Å². The number of nitrogens with one attached hydrogen (secondary N) is 3. The van der Waals surface area contributed by atoms with E-state index in [1.807, 2.05) is 30.5 Å². The summed E-state index contributed by atoms with van der Waals surface area (Å²) >= 11 is 0. The average molecular weight is 447 g/mol. The Morgan fingerprint density at radius 2 is 1.88 bits per heavy atom. The highest BCUT2D eigenvalue weighted by Gasteiger charge is 2.40. The molecule has 7 rings (SSSR count). The Labute approximate surface area is 195 Å². The maximum atomic E-state index is 13.4. The van der Waals surface area contributed by atoms with Gasteiger partial charge in [0.25, 0.3) is 0 Å². The number of aryl methyl sites for hydroxylation is 1. The molecule has 1 fully saturated rings. The Morgan fingerprint density at radius 3 is 2.85 bits per heavy atom. The highest BCUT2D eigenvalue weighted by molar-refractivity contribution is 6.17. The molecule has 2 aromatic heterocycles. The molecule has 2 atom stereocenters. The summed E-state index contributed by atoms with van der Waals surface area (Å²) in [5.41, 5.74) is 7.21. The number of carbonyl (C=O) groups excluding carboxylic acids is 1. The van der Waals surface area contributed by atoms with E-state index in [4.69, 9.17) is 4.99 Å². The van der Waals surface area contributed by atoms with Crippen LogP contribution in [-0.4, -0.2) is 26.8 Å². The van der Waals surface area contributed by atoms with Crippen molar-refractivity contribution in [2.75, 3.05) is 4.90 Å². The van der Waals surface area contributed by atoms with Crippen LogP contribution in [0.25, 0.3) is 21.9 Å². The van der Waals surface area contributed by atoms with Crippen LogP contribution in [0.1, 0.15) is 35.2 Å². The number of nitrogens with zero attached hydrogens (tertiary/aromatic N) is 3. The van der Waals surface area contributed by atoms with Gasteiger partial charge < -0.3 is 9.97 Å². The number of amidine groups is 1. The number of aromatic nitrogens is 3. The number of aromatic amines is 2. The first-order valence-electron chi connectivity index (χ1n) is 11.5. The summed E-state index contributed by atoms with van der Waals surface area (Å²) in [6.45, 7) is 0. The molecule has 34 heavy (non-hydrogen) atoms. The van der Waals surface area contributed by atoms with Gasteiger partial charge in [-0.05, 0) is 71.3 Å². The van der Waals surface area contributed by atoms with Crippen molar-refractivity contribution in [1.82, 2.24) is 20.3 Å². The molecule has 0 bridgehead atoms. The number of hydrogen-bond donors (Lipinski definition) is 3. The number of fused-ring (bicyclic) bond motifs is 3. The molecule has 1 aliphatic heterocycles. The van der Waals surface area contributed by atoms with Crippen LogP contribution in [0.15, 0.2) is 84.2 Å². The van der Waals surface area contributed by atoms with Crippen LogP contribution in [0.2, 0.25) is 0 Å². The van der Waals surface area contributed by atoms with E-state index in [-0.39, 0.29) is 18.1 Å². The lowest BCUT2D eigenvalue weighted by atomic mass is 10.0. The van der Waals surface area contributed by atoms with Crippen LogP contribution in [0.3, 0.4) is 0 Å². The van der Waals surface area contributed by atoms with Gasteiger partial charge in [0.1, 0.15) is 11.9 Å². The van der Waals surface area contributed by atoms with Crippen molar-refractivity contribution >= 4 is 39.5 Å². The van der Waals surface area contributed by atoms with E-state index >= 15 is 0 Å². The third kappa shape index (κ3) is 2.94. The maximum absolute atomic E-state index is 13.4. The molecule has 7 heteroatoms. The van der Waals surface area contributed by atoms with Gasteiger partial charge >= 0.3 is 6.03 Å². The minimum Gasteiger partial charge on any atom is -0.361 e. The van der Waals surface area contributed by atoms with E-state index in [2.05, 4.69) is 62.7 Å². The molecule has 2 unspecified atom stereocenters. The average Bonchev–Trinajstić information content (AvgIpc) is 3.64. The predicted octanol–water partition coefficient (Wildman–Crippen LogP) is 5.40. The minimum absolute atomic E-state index is 0.0405. The molecule has 166 valence electrons. The fourth-order valence-corrected chi connectivity index (χ4v) is 5.30. The zero-order valence-electron chi connectivity index (χ0n) is 18.3. The topological polar surface area (TPSA) is 89.2 Å². The van der Waals surface area contributed by atoms with Crippen molar-refractivity contribution in [3.8, 4) is 0 Å². The summed E-state index contributed by atoms with van der Waals surface area (Å²) in [7, 11) is 0. The van der Waals surface area contributed by atoms with Crippen LogP contribution in [0.5, 0.6) is 0 Å². The minimum atomic E-state index is -0.351. The Balaban J connectivity index is 1.37. The van der Waals surface area contributed by atoms with Gasteiger partial charge in [0.2, 0.25) is 0 Å². The largest absolute Gasteiger partial charge is 0.361 e. The van der Waals surface area contributed by atoms with Crippen LogP contribution >= 0.6 is 0 Å². The molecule has 2 aliphatic rings. The van der Waals surface area contributed by atoms with Crippen LogP contribution in [0.4, 0.5) is 10.5 Å². The van der Waals surface area contributed by atoms with Gasteiger partial charge in [0, 0.05) is 17.4 Å². The molecule has 0 radical (unpaired) electrons. The molecule has 2 amide bonds. The number of carbonyl (C=O) groups is 1. The molecule has 3 N–H and O–H groups in total. The first kappa shape index (κ1) is 19.1. The molecular formula is C27H22N6O. The first-order valence-corrected chi connectivity index (χ1v) is 11.5. The number of benzene rings is 3. The van der Waals surface area contributed by atoms with Crippen molar-refractivity contribution in [3.05, 3.63) is 95.9 Å². The van der Waals surface area contributed by atoms with Gasteiger partial charge in [-0.15, -0.1) is 0 Å². The SMILES string of the molecule is O=C1N/C(=N/C2CCc3ccccc32)C(c2ccc3[nH]ccc3c2)N1c1ccc2[nH]cnc2c1. The summed E-state index contributed by atoms with van der Waals surface area (Å²) in [6, 6.07) is 22.1. The number of urea groups is 1. The predicted molar refractivity (Wildman–Crippen MR) is 133 cm³/mol. The Kier molecular flexibility index (Phi) is 4.11. The summed E-state index contributed by atoms with van der Waals surface area (Å²) in [4.78, 5) is 31.1. The van der Waals surface area contributed by atoms with Crippen molar-refractivity contribution < 1.29 is 4.79 Å². The number of amides is 2. The molecule has 5 aromatic rings. The Bertz CT molecular complexity index is 1600. The number of imidazole rings is 1. The van der Waals surface area contributed by atoms with Gasteiger partial charge in [0.05, 0.1) is 23.4 Å². The third-order valence-corrected chi connectivity index (χ3v) is 6.94. The van der Waals surface area contributed by atoms with E-state index in [9.17, 15) is 4.79 Å². The molecule has 1 aliphatic carbocycles. The second kappa shape index (κ2) is 7.31. The molecule has 0 spiro atoms. The van der Waals surface area contributed by atoms with Crippen molar-refractivity contribution in [1.29, 1.82) is 0 Å². The van der Waals surface area contributed by atoms with Crippen molar-refractivity contribution in [2.45, 2.75) is 24.9 Å². The van der Waals surface area contributed by atoms with Gasteiger partial charge in [0.15, 0.2) is 0 Å². The summed E-state index contributed by atoms with van der Waals surface area (Å²) in [5, 5.41) is 4.20. The third-order valence-electron chi connectivity index (χ3n) is 6.94. The number of anilines is 1. The fraction of sp³-hybridized carbons (Fsp3) is 0.148.